The molecule has 0 bridgehead atoms. The number of para-hydroxylation sites is 2. The third-order valence-corrected chi connectivity index (χ3v) is 7.20. The summed E-state index contributed by atoms with van der Waals surface area (Å²) in [6.45, 7) is 9.65. The number of carbonyl (C=O) groups is 3. The van der Waals surface area contributed by atoms with Gasteiger partial charge in [0.15, 0.2) is 0 Å². The third-order valence-electron chi connectivity index (χ3n) is 7.20. The number of ether oxygens (including phenoxy) is 2. The zero-order chi connectivity index (χ0) is 30.8. The molecule has 2 aromatic rings. The van der Waals surface area contributed by atoms with Crippen molar-refractivity contribution in [2.75, 3.05) is 45.9 Å². The lowest BCUT2D eigenvalue weighted by atomic mass is 9.91. The van der Waals surface area contributed by atoms with Crippen LogP contribution in [-0.2, 0) is 20.8 Å². The number of aromatic nitrogens is 2. The minimum Gasteiger partial charge on any atom is -0.444 e. The summed E-state index contributed by atoms with van der Waals surface area (Å²) < 4.78 is 52.9. The quantitative estimate of drug-likeness (QED) is 0.497. The molecule has 232 valence electrons. The Morgan fingerprint density at radius 1 is 1.07 bits per heavy atom. The van der Waals surface area contributed by atoms with Crippen molar-refractivity contribution in [1.29, 1.82) is 0 Å². The molecule has 10 nitrogen and oxygen atoms in total. The Morgan fingerprint density at radius 3 is 2.36 bits per heavy atom. The highest BCUT2D eigenvalue weighted by molar-refractivity contribution is 5.95. The number of fused-ring (bicyclic) bond motifs is 1. The molecule has 0 unspecified atom stereocenters. The molecule has 0 saturated carbocycles. The molecule has 0 aliphatic carbocycles. The summed E-state index contributed by atoms with van der Waals surface area (Å²) in [5, 5.41) is 0. The van der Waals surface area contributed by atoms with Crippen molar-refractivity contribution in [3.8, 4) is 0 Å². The minimum absolute atomic E-state index is 0.0558. The van der Waals surface area contributed by atoms with Crippen molar-refractivity contribution in [3.05, 3.63) is 30.1 Å². The molecule has 13 heteroatoms. The number of likely N-dealkylation sites (tertiary alicyclic amines) is 1. The molecular weight excluding hydrogens is 555 g/mol. The number of benzene rings is 1. The number of hydrogen-bond donors (Lipinski definition) is 0. The number of carbonyl (C=O) groups excluding carboxylic acids is 3. The highest BCUT2D eigenvalue weighted by Gasteiger charge is 2.42. The van der Waals surface area contributed by atoms with Crippen LogP contribution in [-0.4, -0.2) is 106 Å². The Bertz CT molecular complexity index is 1280. The van der Waals surface area contributed by atoms with Crippen LogP contribution in [0.2, 0.25) is 0 Å². The monoisotopic (exact) mass is 595 g/mol. The van der Waals surface area contributed by atoms with E-state index < -0.39 is 42.3 Å². The highest BCUT2D eigenvalue weighted by Crippen LogP contribution is 2.29. The van der Waals surface area contributed by atoms with E-state index in [2.05, 4.69) is 4.98 Å². The Hall–Kier alpha value is -3.35. The van der Waals surface area contributed by atoms with E-state index in [-0.39, 0.29) is 54.7 Å². The molecule has 2 aliphatic rings. The summed E-state index contributed by atoms with van der Waals surface area (Å²) in [4.78, 5) is 49.9. The second kappa shape index (κ2) is 12.5. The zero-order valence-corrected chi connectivity index (χ0v) is 24.8. The van der Waals surface area contributed by atoms with Gasteiger partial charge in [0.1, 0.15) is 12.1 Å². The van der Waals surface area contributed by atoms with Gasteiger partial charge in [0, 0.05) is 32.7 Å². The Balaban J connectivity index is 1.72. The average Bonchev–Trinajstić information content (AvgIpc) is 3.27. The van der Waals surface area contributed by atoms with Crippen molar-refractivity contribution >= 4 is 28.9 Å². The van der Waals surface area contributed by atoms with Gasteiger partial charge < -0.3 is 28.7 Å². The van der Waals surface area contributed by atoms with E-state index in [1.165, 1.54) is 15.9 Å². The maximum absolute atomic E-state index is 14.2. The van der Waals surface area contributed by atoms with Gasteiger partial charge in [0.25, 0.3) is 5.91 Å². The topological polar surface area (TPSA) is 97.2 Å². The van der Waals surface area contributed by atoms with Crippen LogP contribution in [0.5, 0.6) is 0 Å². The van der Waals surface area contributed by atoms with Gasteiger partial charge in [-0.3, -0.25) is 9.59 Å². The molecule has 3 amide bonds. The second-order valence-electron chi connectivity index (χ2n) is 12.4. The summed E-state index contributed by atoms with van der Waals surface area (Å²) >= 11 is 0. The number of morpholine rings is 1. The fourth-order valence-electron chi connectivity index (χ4n) is 5.49. The van der Waals surface area contributed by atoms with E-state index in [1.54, 1.807) is 43.9 Å². The molecule has 0 radical (unpaired) electrons. The number of piperidine rings is 1. The first kappa shape index (κ1) is 31.6. The predicted octanol–water partition coefficient (Wildman–Crippen LogP) is 4.18. The van der Waals surface area contributed by atoms with Crippen LogP contribution in [0.3, 0.4) is 0 Å². The van der Waals surface area contributed by atoms with Crippen molar-refractivity contribution in [2.24, 2.45) is 11.8 Å². The van der Waals surface area contributed by atoms with Crippen LogP contribution in [0.25, 0.3) is 11.0 Å². The van der Waals surface area contributed by atoms with Gasteiger partial charge in [-0.05, 0) is 45.2 Å². The van der Waals surface area contributed by atoms with Gasteiger partial charge in [-0.2, -0.15) is 13.2 Å². The van der Waals surface area contributed by atoms with Gasteiger partial charge >= 0.3 is 12.3 Å². The molecule has 0 spiro atoms. The summed E-state index contributed by atoms with van der Waals surface area (Å²) in [5.74, 6) is -1.86. The highest BCUT2D eigenvalue weighted by atomic mass is 19.4. The summed E-state index contributed by atoms with van der Waals surface area (Å²) in [6, 6.07) is 5.65. The van der Waals surface area contributed by atoms with Crippen LogP contribution in [0, 0.1) is 11.8 Å². The number of alkyl halides is 3. The maximum Gasteiger partial charge on any atom is 0.410 e. The molecule has 2 saturated heterocycles. The first-order chi connectivity index (χ1) is 19.6. The minimum atomic E-state index is -4.59. The number of hydrogen-bond acceptors (Lipinski definition) is 6. The van der Waals surface area contributed by atoms with E-state index in [1.807, 2.05) is 13.8 Å². The van der Waals surface area contributed by atoms with Crippen molar-refractivity contribution in [1.82, 2.24) is 24.3 Å². The van der Waals surface area contributed by atoms with Gasteiger partial charge in [-0.15, -0.1) is 0 Å². The second-order valence-corrected chi connectivity index (χ2v) is 12.4. The first-order valence-corrected chi connectivity index (χ1v) is 14.3. The fourth-order valence-corrected chi connectivity index (χ4v) is 5.49. The maximum atomic E-state index is 14.2. The zero-order valence-electron chi connectivity index (χ0n) is 24.8. The van der Waals surface area contributed by atoms with Gasteiger partial charge in [-0.1, -0.05) is 26.0 Å². The number of rotatable bonds is 6. The third kappa shape index (κ3) is 7.73. The number of nitrogens with zero attached hydrogens (tertiary/aromatic N) is 5. The molecule has 2 fully saturated rings. The Morgan fingerprint density at radius 2 is 1.74 bits per heavy atom. The number of halogens is 3. The van der Waals surface area contributed by atoms with Gasteiger partial charge in [-0.25, -0.2) is 9.78 Å². The standard InChI is InChI=1S/C29H40F3N5O5/c1-19(2)15-36(26(39)24-33-22-8-6-7-9-23(22)37(24)18-29(30,31)32)21-14-20(25(38)34-10-12-41-13-11-34)16-35(17-21)27(40)42-28(3,4)5/h6-9,19-21H,10-18H2,1-5H3/t20-,21+/m1/s1. The first-order valence-electron chi connectivity index (χ1n) is 14.3. The lowest BCUT2D eigenvalue weighted by Crippen LogP contribution is -2.58. The molecule has 3 heterocycles. The van der Waals surface area contributed by atoms with Crippen LogP contribution < -0.4 is 0 Å². The molecule has 2 aliphatic heterocycles. The van der Waals surface area contributed by atoms with E-state index in [4.69, 9.17) is 9.47 Å². The summed E-state index contributed by atoms with van der Waals surface area (Å²) in [7, 11) is 0. The lowest BCUT2D eigenvalue weighted by molar-refractivity contribution is -0.142. The summed E-state index contributed by atoms with van der Waals surface area (Å²) in [6.07, 6.45) is -4.96. The normalized spacial score (nSPS) is 20.2. The number of amides is 3. The fraction of sp³-hybridized carbons (Fsp3) is 0.655. The molecule has 1 aromatic heterocycles. The molecule has 2 atom stereocenters. The molecular formula is C29H40F3N5O5. The lowest BCUT2D eigenvalue weighted by Gasteiger charge is -2.44. The molecule has 4 rings (SSSR count). The van der Waals surface area contributed by atoms with E-state index in [9.17, 15) is 27.6 Å². The smallest absolute Gasteiger partial charge is 0.410 e. The van der Waals surface area contributed by atoms with Crippen LogP contribution in [0.1, 0.15) is 51.7 Å². The van der Waals surface area contributed by atoms with E-state index in [0.717, 1.165) is 4.57 Å². The van der Waals surface area contributed by atoms with Gasteiger partial charge in [0.05, 0.1) is 36.2 Å². The van der Waals surface area contributed by atoms with Gasteiger partial charge in [0.2, 0.25) is 11.7 Å². The summed E-state index contributed by atoms with van der Waals surface area (Å²) in [5.41, 5.74) is -0.319. The van der Waals surface area contributed by atoms with Crippen molar-refractivity contribution in [3.63, 3.8) is 0 Å². The van der Waals surface area contributed by atoms with Crippen molar-refractivity contribution in [2.45, 2.75) is 65.4 Å². The predicted molar refractivity (Wildman–Crippen MR) is 149 cm³/mol. The number of imidazole rings is 1. The molecule has 1 aromatic carbocycles. The SMILES string of the molecule is CC(C)CN(C(=O)c1nc2ccccc2n1CC(F)(F)F)[C@H]1C[C@@H](C(=O)N2CCOCC2)CN(C(=O)OC(C)(C)C)C1. The Kier molecular flexibility index (Phi) is 9.39. The van der Waals surface area contributed by atoms with Crippen LogP contribution >= 0.6 is 0 Å². The van der Waals surface area contributed by atoms with Crippen LogP contribution in [0.15, 0.2) is 24.3 Å². The molecule has 0 N–H and O–H groups in total. The largest absolute Gasteiger partial charge is 0.444 e. The average molecular weight is 596 g/mol. The van der Waals surface area contributed by atoms with Crippen molar-refractivity contribution < 1.29 is 37.0 Å². The van der Waals surface area contributed by atoms with E-state index >= 15 is 0 Å². The van der Waals surface area contributed by atoms with E-state index in [0.29, 0.717) is 26.3 Å². The van der Waals surface area contributed by atoms with Crippen LogP contribution in [0.4, 0.5) is 18.0 Å². The molecule has 42 heavy (non-hydrogen) atoms. The Labute approximate surface area is 243 Å².